The molecule has 1 saturated carbocycles. The number of hydrogen-bond acceptors (Lipinski definition) is 5. The van der Waals surface area contributed by atoms with Gasteiger partial charge in [-0.2, -0.15) is 0 Å². The maximum atomic E-state index is 12.8. The lowest BCUT2D eigenvalue weighted by molar-refractivity contribution is 0.0600. The third kappa shape index (κ3) is 5.01. The Hall–Kier alpha value is -2.28. The highest BCUT2D eigenvalue weighted by atomic mass is 16.5. The van der Waals surface area contributed by atoms with Crippen molar-refractivity contribution in [3.8, 4) is 0 Å². The molecule has 29 heavy (non-hydrogen) atoms. The molecule has 2 amide bonds. The number of likely N-dealkylation sites (N-methyl/N-ethyl adjacent to an activating group) is 1. The first-order chi connectivity index (χ1) is 13.9. The zero-order valence-corrected chi connectivity index (χ0v) is 17.9. The van der Waals surface area contributed by atoms with Gasteiger partial charge in [0.2, 0.25) is 0 Å². The Balaban J connectivity index is 1.73. The van der Waals surface area contributed by atoms with E-state index >= 15 is 0 Å². The zero-order valence-electron chi connectivity index (χ0n) is 17.9. The molecule has 7 heteroatoms. The maximum Gasteiger partial charge on any atom is 0.337 e. The summed E-state index contributed by atoms with van der Waals surface area (Å²) in [6.45, 7) is 2.52. The molecule has 160 valence electrons. The van der Waals surface area contributed by atoms with E-state index in [1.54, 1.807) is 12.1 Å². The van der Waals surface area contributed by atoms with Crippen molar-refractivity contribution in [2.24, 2.45) is 0 Å². The second-order valence-corrected chi connectivity index (χ2v) is 8.40. The summed E-state index contributed by atoms with van der Waals surface area (Å²) in [7, 11) is 5.55. The van der Waals surface area contributed by atoms with E-state index in [9.17, 15) is 9.59 Å². The SMILES string of the molecule is COC(=O)c1ccc(N2CCCC2)c(NC(=O)NCC2(N(C)C)CCCCC2)c1. The molecule has 2 fully saturated rings. The Morgan fingerprint density at radius 1 is 1.10 bits per heavy atom. The van der Waals surface area contributed by atoms with Crippen molar-refractivity contribution in [1.29, 1.82) is 0 Å². The molecule has 7 nitrogen and oxygen atoms in total. The fourth-order valence-corrected chi connectivity index (χ4v) is 4.52. The molecule has 3 rings (SSSR count). The molecule has 1 aromatic rings. The number of carbonyl (C=O) groups is 2. The Kier molecular flexibility index (Phi) is 7.00. The van der Waals surface area contributed by atoms with Crippen LogP contribution in [0.2, 0.25) is 0 Å². The summed E-state index contributed by atoms with van der Waals surface area (Å²) >= 11 is 0. The van der Waals surface area contributed by atoms with Crippen LogP contribution in [0.25, 0.3) is 0 Å². The van der Waals surface area contributed by atoms with E-state index in [1.807, 2.05) is 6.07 Å². The molecule has 2 N–H and O–H groups in total. The van der Waals surface area contributed by atoms with Gasteiger partial charge in [-0.05, 0) is 58.0 Å². The van der Waals surface area contributed by atoms with Crippen LogP contribution in [-0.4, -0.2) is 63.3 Å². The number of amides is 2. The minimum Gasteiger partial charge on any atom is -0.465 e. The molecule has 0 atom stereocenters. The van der Waals surface area contributed by atoms with Crippen molar-refractivity contribution in [2.45, 2.75) is 50.5 Å². The van der Waals surface area contributed by atoms with Crippen LogP contribution in [-0.2, 0) is 4.74 Å². The van der Waals surface area contributed by atoms with Gasteiger partial charge in [-0.3, -0.25) is 0 Å². The first-order valence-electron chi connectivity index (χ1n) is 10.6. The van der Waals surface area contributed by atoms with Crippen molar-refractivity contribution in [3.05, 3.63) is 23.8 Å². The van der Waals surface area contributed by atoms with Crippen LogP contribution in [0.15, 0.2) is 18.2 Å². The van der Waals surface area contributed by atoms with E-state index in [2.05, 4.69) is 34.5 Å². The summed E-state index contributed by atoms with van der Waals surface area (Å²) in [6.07, 6.45) is 8.12. The van der Waals surface area contributed by atoms with Crippen LogP contribution >= 0.6 is 0 Å². The van der Waals surface area contributed by atoms with Crippen molar-refractivity contribution in [2.75, 3.05) is 51.1 Å². The van der Waals surface area contributed by atoms with E-state index in [4.69, 9.17) is 4.74 Å². The third-order valence-electron chi connectivity index (χ3n) is 6.42. The van der Waals surface area contributed by atoms with Crippen LogP contribution < -0.4 is 15.5 Å². The summed E-state index contributed by atoms with van der Waals surface area (Å²) in [6, 6.07) is 5.13. The van der Waals surface area contributed by atoms with Gasteiger partial charge in [0.1, 0.15) is 0 Å². The van der Waals surface area contributed by atoms with Gasteiger partial charge in [0.25, 0.3) is 0 Å². The number of benzene rings is 1. The molecule has 0 unspecified atom stereocenters. The number of nitrogens with one attached hydrogen (secondary N) is 2. The minimum atomic E-state index is -0.407. The lowest BCUT2D eigenvalue weighted by Gasteiger charge is -2.43. The normalized spacial score (nSPS) is 18.6. The van der Waals surface area contributed by atoms with E-state index in [0.717, 1.165) is 44.5 Å². The maximum absolute atomic E-state index is 12.8. The van der Waals surface area contributed by atoms with Gasteiger partial charge >= 0.3 is 12.0 Å². The van der Waals surface area contributed by atoms with Crippen molar-refractivity contribution < 1.29 is 14.3 Å². The van der Waals surface area contributed by atoms with Gasteiger partial charge in [0, 0.05) is 25.2 Å². The third-order valence-corrected chi connectivity index (χ3v) is 6.42. The number of anilines is 2. The molecule has 0 spiro atoms. The quantitative estimate of drug-likeness (QED) is 0.713. The molecule has 0 bridgehead atoms. The smallest absolute Gasteiger partial charge is 0.337 e. The van der Waals surface area contributed by atoms with Gasteiger partial charge in [-0.15, -0.1) is 0 Å². The first-order valence-corrected chi connectivity index (χ1v) is 10.6. The number of nitrogens with zero attached hydrogens (tertiary/aromatic N) is 2. The Morgan fingerprint density at radius 3 is 2.41 bits per heavy atom. The first kappa shape index (κ1) is 21.4. The van der Waals surface area contributed by atoms with Crippen LogP contribution in [0.5, 0.6) is 0 Å². The number of urea groups is 1. The van der Waals surface area contributed by atoms with Crippen molar-refractivity contribution in [3.63, 3.8) is 0 Å². The topological polar surface area (TPSA) is 73.9 Å². The number of rotatable bonds is 6. The lowest BCUT2D eigenvalue weighted by Crippen LogP contribution is -2.54. The summed E-state index contributed by atoms with van der Waals surface area (Å²) in [5, 5.41) is 6.06. The predicted molar refractivity (Wildman–Crippen MR) is 116 cm³/mol. The molecular formula is C22H34N4O3. The summed E-state index contributed by atoms with van der Waals surface area (Å²) in [5.74, 6) is -0.407. The molecule has 1 aliphatic carbocycles. The van der Waals surface area contributed by atoms with Gasteiger partial charge in [-0.25, -0.2) is 9.59 Å². The number of carbonyl (C=O) groups excluding carboxylic acids is 2. The van der Waals surface area contributed by atoms with Gasteiger partial charge in [0.15, 0.2) is 0 Å². The van der Waals surface area contributed by atoms with Gasteiger partial charge < -0.3 is 25.2 Å². The summed E-state index contributed by atoms with van der Waals surface area (Å²) in [4.78, 5) is 29.2. The molecule has 0 aromatic heterocycles. The fourth-order valence-electron chi connectivity index (χ4n) is 4.52. The highest BCUT2D eigenvalue weighted by Crippen LogP contribution is 2.32. The monoisotopic (exact) mass is 402 g/mol. The largest absolute Gasteiger partial charge is 0.465 e. The number of hydrogen-bond donors (Lipinski definition) is 2. The van der Waals surface area contributed by atoms with Crippen LogP contribution in [0.4, 0.5) is 16.2 Å². The average molecular weight is 403 g/mol. The van der Waals surface area contributed by atoms with Crippen molar-refractivity contribution in [1.82, 2.24) is 10.2 Å². The van der Waals surface area contributed by atoms with E-state index < -0.39 is 5.97 Å². The number of methoxy groups -OCH3 is 1. The molecule has 1 heterocycles. The van der Waals surface area contributed by atoms with Gasteiger partial charge in [-0.1, -0.05) is 19.3 Å². The Bertz CT molecular complexity index is 723. The lowest BCUT2D eigenvalue weighted by atomic mass is 9.80. The number of ether oxygens (including phenoxy) is 1. The average Bonchev–Trinajstić information content (AvgIpc) is 3.27. The standard InChI is InChI=1S/C22H34N4O3/c1-25(2)22(11-5-4-6-12-22)16-23-21(28)24-18-15-17(20(27)29-3)9-10-19(18)26-13-7-8-14-26/h9-10,15H,4-8,11-14,16H2,1-3H3,(H2,23,24,28). The Morgan fingerprint density at radius 2 is 1.79 bits per heavy atom. The fraction of sp³-hybridized carbons (Fsp3) is 0.636. The minimum absolute atomic E-state index is 0.0151. The zero-order chi connectivity index (χ0) is 20.9. The second kappa shape index (κ2) is 9.48. The molecule has 2 aliphatic rings. The molecule has 0 radical (unpaired) electrons. The molecule has 1 saturated heterocycles. The predicted octanol–water partition coefficient (Wildman–Crippen LogP) is 3.46. The summed E-state index contributed by atoms with van der Waals surface area (Å²) in [5.41, 5.74) is 2.05. The highest BCUT2D eigenvalue weighted by Gasteiger charge is 2.34. The van der Waals surface area contributed by atoms with Crippen LogP contribution in [0.1, 0.15) is 55.3 Å². The van der Waals surface area contributed by atoms with E-state index in [-0.39, 0.29) is 11.6 Å². The molecule has 1 aliphatic heterocycles. The van der Waals surface area contributed by atoms with Crippen molar-refractivity contribution >= 4 is 23.4 Å². The van der Waals surface area contributed by atoms with Crippen LogP contribution in [0.3, 0.4) is 0 Å². The summed E-state index contributed by atoms with van der Waals surface area (Å²) < 4.78 is 4.84. The molecular weight excluding hydrogens is 368 g/mol. The second-order valence-electron chi connectivity index (χ2n) is 8.40. The molecule has 1 aromatic carbocycles. The highest BCUT2D eigenvalue weighted by molar-refractivity contribution is 5.97. The van der Waals surface area contributed by atoms with E-state index in [1.165, 1.54) is 26.4 Å². The van der Waals surface area contributed by atoms with Crippen LogP contribution in [0, 0.1) is 0 Å². The van der Waals surface area contributed by atoms with Gasteiger partial charge in [0.05, 0.1) is 24.0 Å². The number of esters is 1. The Labute approximate surface area is 173 Å². The van der Waals surface area contributed by atoms with E-state index in [0.29, 0.717) is 17.8 Å².